The van der Waals surface area contributed by atoms with Crippen LogP contribution in [0.2, 0.25) is 5.02 Å². The molecule has 1 amide bonds. The van der Waals surface area contributed by atoms with Gasteiger partial charge in [-0.2, -0.15) is 0 Å². The maximum absolute atomic E-state index is 11.3. The number of carbonyl (C=O) groups is 1. The van der Waals surface area contributed by atoms with E-state index in [0.29, 0.717) is 16.6 Å². The molecule has 1 saturated heterocycles. The Bertz CT molecular complexity index is 430. The van der Waals surface area contributed by atoms with E-state index >= 15 is 0 Å². The Kier molecular flexibility index (Phi) is 3.51. The highest BCUT2D eigenvalue weighted by molar-refractivity contribution is 8.14. The molecule has 0 radical (unpaired) electrons. The first-order valence-corrected chi connectivity index (χ1v) is 6.20. The number of hydrogen-bond donors (Lipinski definition) is 1. The highest BCUT2D eigenvalue weighted by atomic mass is 35.5. The van der Waals surface area contributed by atoms with E-state index in [1.807, 2.05) is 19.1 Å². The number of amides is 1. The monoisotopic (exact) mass is 254 g/mol. The van der Waals surface area contributed by atoms with Gasteiger partial charge in [-0.3, -0.25) is 4.79 Å². The first-order chi connectivity index (χ1) is 7.63. The fraction of sp³-hybridized carbons (Fsp3) is 0.273. The van der Waals surface area contributed by atoms with Crippen LogP contribution in [0.15, 0.2) is 29.3 Å². The van der Waals surface area contributed by atoms with Crippen molar-refractivity contribution >= 4 is 40.1 Å². The summed E-state index contributed by atoms with van der Waals surface area (Å²) < 4.78 is 0. The summed E-state index contributed by atoms with van der Waals surface area (Å²) in [6.07, 6.45) is 0.546. The zero-order valence-corrected chi connectivity index (χ0v) is 10.3. The quantitative estimate of drug-likeness (QED) is 0.837. The molecule has 0 aliphatic carbocycles. The van der Waals surface area contributed by atoms with Gasteiger partial charge >= 0.3 is 0 Å². The van der Waals surface area contributed by atoms with Gasteiger partial charge in [0, 0.05) is 16.7 Å². The largest absolute Gasteiger partial charge is 0.305 e. The van der Waals surface area contributed by atoms with Crippen molar-refractivity contribution in [1.29, 1.82) is 0 Å². The van der Waals surface area contributed by atoms with E-state index in [0.717, 1.165) is 5.69 Å². The van der Waals surface area contributed by atoms with E-state index in [4.69, 9.17) is 11.6 Å². The minimum absolute atomic E-state index is 0.0268. The third-order valence-electron chi connectivity index (χ3n) is 2.09. The second kappa shape index (κ2) is 4.89. The van der Waals surface area contributed by atoms with Crippen molar-refractivity contribution in [2.45, 2.75) is 18.6 Å². The van der Waals surface area contributed by atoms with Gasteiger partial charge in [0.15, 0.2) is 5.17 Å². The lowest BCUT2D eigenvalue weighted by Crippen LogP contribution is -2.36. The van der Waals surface area contributed by atoms with E-state index < -0.39 is 0 Å². The molecule has 16 heavy (non-hydrogen) atoms. The molecular formula is C11H11ClN2OS. The molecule has 1 aliphatic heterocycles. The second-order valence-electron chi connectivity index (χ2n) is 3.57. The molecule has 5 heteroatoms. The molecule has 1 aromatic carbocycles. The van der Waals surface area contributed by atoms with E-state index in [9.17, 15) is 4.79 Å². The molecule has 1 aromatic rings. The summed E-state index contributed by atoms with van der Waals surface area (Å²) in [5, 5.41) is 4.37. The second-order valence-corrected chi connectivity index (χ2v) is 5.44. The Morgan fingerprint density at radius 3 is 2.75 bits per heavy atom. The summed E-state index contributed by atoms with van der Waals surface area (Å²) in [5.74, 6) is 0.0268. The van der Waals surface area contributed by atoms with E-state index in [2.05, 4.69) is 10.3 Å². The fourth-order valence-electron chi connectivity index (χ4n) is 1.38. The van der Waals surface area contributed by atoms with Crippen molar-refractivity contribution in [2.24, 2.45) is 4.99 Å². The number of rotatable bonds is 1. The van der Waals surface area contributed by atoms with Crippen LogP contribution in [0.25, 0.3) is 0 Å². The van der Waals surface area contributed by atoms with Crippen LogP contribution in [0.5, 0.6) is 0 Å². The highest BCUT2D eigenvalue weighted by Gasteiger charge is 2.20. The number of amidine groups is 1. The first-order valence-electron chi connectivity index (χ1n) is 4.94. The third kappa shape index (κ3) is 3.00. The Balaban J connectivity index is 2.17. The lowest BCUT2D eigenvalue weighted by Gasteiger charge is -2.19. The Hall–Kier alpha value is -1.000. The van der Waals surface area contributed by atoms with Gasteiger partial charge in [-0.05, 0) is 24.3 Å². The normalized spacial score (nSPS) is 23.2. The van der Waals surface area contributed by atoms with Crippen LogP contribution in [-0.4, -0.2) is 16.3 Å². The number of carbonyl (C=O) groups excluding carboxylic acids is 1. The van der Waals surface area contributed by atoms with Crippen molar-refractivity contribution in [3.63, 3.8) is 0 Å². The van der Waals surface area contributed by atoms with Crippen LogP contribution < -0.4 is 5.32 Å². The van der Waals surface area contributed by atoms with Crippen molar-refractivity contribution in [2.75, 3.05) is 0 Å². The Labute approximate surface area is 103 Å². The Morgan fingerprint density at radius 2 is 2.12 bits per heavy atom. The van der Waals surface area contributed by atoms with E-state index in [1.54, 1.807) is 23.9 Å². The van der Waals surface area contributed by atoms with E-state index in [1.165, 1.54) is 0 Å². The number of hydrogen-bond acceptors (Lipinski definition) is 3. The summed E-state index contributed by atoms with van der Waals surface area (Å²) >= 11 is 7.35. The molecule has 84 valence electrons. The topological polar surface area (TPSA) is 41.5 Å². The molecule has 1 N–H and O–H groups in total. The Morgan fingerprint density at radius 1 is 1.44 bits per heavy atom. The van der Waals surface area contributed by atoms with Crippen LogP contribution in [0.4, 0.5) is 5.69 Å². The van der Waals surface area contributed by atoms with Gasteiger partial charge < -0.3 is 5.32 Å². The number of nitrogens with zero attached hydrogens (tertiary/aromatic N) is 1. The van der Waals surface area contributed by atoms with Crippen molar-refractivity contribution in [1.82, 2.24) is 5.32 Å². The molecular weight excluding hydrogens is 244 g/mol. The molecule has 3 nitrogen and oxygen atoms in total. The average Bonchev–Trinajstić information content (AvgIpc) is 2.20. The standard InChI is InChI=1S/C11H11ClN2OS/c1-7-6-10(15)14-11(16-7)13-9-4-2-8(12)3-5-9/h2-5,7H,6H2,1H3,(H,13,14,15)/t7-/m1/s1. The van der Waals surface area contributed by atoms with Gasteiger partial charge in [-0.15, -0.1) is 0 Å². The third-order valence-corrected chi connectivity index (χ3v) is 3.33. The minimum atomic E-state index is 0.0268. The molecule has 0 saturated carbocycles. The fourth-order valence-corrected chi connectivity index (χ4v) is 2.45. The molecule has 1 atom stereocenters. The average molecular weight is 255 g/mol. The maximum atomic E-state index is 11.3. The summed E-state index contributed by atoms with van der Waals surface area (Å²) in [4.78, 5) is 15.7. The summed E-state index contributed by atoms with van der Waals surface area (Å²) in [6, 6.07) is 7.20. The van der Waals surface area contributed by atoms with Crippen LogP contribution in [0, 0.1) is 0 Å². The van der Waals surface area contributed by atoms with Crippen LogP contribution in [-0.2, 0) is 4.79 Å². The van der Waals surface area contributed by atoms with Gasteiger partial charge in [-0.1, -0.05) is 30.3 Å². The van der Waals surface area contributed by atoms with Crippen LogP contribution in [0.1, 0.15) is 13.3 Å². The van der Waals surface area contributed by atoms with Crippen molar-refractivity contribution < 1.29 is 4.79 Å². The summed E-state index contributed by atoms with van der Waals surface area (Å²) in [7, 11) is 0. The number of thioether (sulfide) groups is 1. The molecule has 2 rings (SSSR count). The van der Waals surface area contributed by atoms with E-state index in [-0.39, 0.29) is 11.2 Å². The van der Waals surface area contributed by atoms with Crippen molar-refractivity contribution in [3.8, 4) is 0 Å². The first kappa shape index (κ1) is 11.5. The number of benzene rings is 1. The van der Waals surface area contributed by atoms with Gasteiger partial charge in [0.2, 0.25) is 5.91 Å². The molecule has 0 spiro atoms. The lowest BCUT2D eigenvalue weighted by atomic mass is 10.3. The van der Waals surface area contributed by atoms with Gasteiger partial charge in [0.1, 0.15) is 0 Å². The zero-order valence-electron chi connectivity index (χ0n) is 8.74. The van der Waals surface area contributed by atoms with Crippen LogP contribution >= 0.6 is 23.4 Å². The highest BCUT2D eigenvalue weighted by Crippen LogP contribution is 2.23. The zero-order chi connectivity index (χ0) is 11.5. The van der Waals surface area contributed by atoms with Gasteiger partial charge in [0.05, 0.1) is 5.69 Å². The molecule has 1 fully saturated rings. The number of halogens is 1. The molecule has 0 aromatic heterocycles. The molecule has 1 heterocycles. The lowest BCUT2D eigenvalue weighted by molar-refractivity contribution is -0.119. The van der Waals surface area contributed by atoms with Gasteiger partial charge in [-0.25, -0.2) is 4.99 Å². The molecule has 0 unspecified atom stereocenters. The smallest absolute Gasteiger partial charge is 0.227 e. The van der Waals surface area contributed by atoms with Crippen molar-refractivity contribution in [3.05, 3.63) is 29.3 Å². The predicted octanol–water partition coefficient (Wildman–Crippen LogP) is 2.97. The van der Waals surface area contributed by atoms with Gasteiger partial charge in [0.25, 0.3) is 0 Å². The SMILES string of the molecule is C[C@@H]1CC(=O)NC(=Nc2ccc(Cl)cc2)S1. The number of aliphatic imine (C=N–C) groups is 1. The summed E-state index contributed by atoms with van der Waals surface area (Å²) in [6.45, 7) is 2.01. The predicted molar refractivity (Wildman–Crippen MR) is 68.4 cm³/mol. The van der Waals surface area contributed by atoms with Crippen LogP contribution in [0.3, 0.4) is 0 Å². The number of nitrogens with one attached hydrogen (secondary N) is 1. The minimum Gasteiger partial charge on any atom is -0.305 e. The maximum Gasteiger partial charge on any atom is 0.227 e. The molecule has 1 aliphatic rings. The molecule has 0 bridgehead atoms. The summed E-state index contributed by atoms with van der Waals surface area (Å²) in [5.41, 5.74) is 0.793.